The summed E-state index contributed by atoms with van der Waals surface area (Å²) in [5.74, 6) is -0.262. The Bertz CT molecular complexity index is 422. The Morgan fingerprint density at radius 3 is 2.50 bits per heavy atom. The molecular weight excluding hydrogens is 224 g/mol. The van der Waals surface area contributed by atoms with Crippen LogP contribution < -0.4 is 5.32 Å². The van der Waals surface area contributed by atoms with E-state index in [-0.39, 0.29) is 5.91 Å². The van der Waals surface area contributed by atoms with Crippen LogP contribution in [0.5, 0.6) is 0 Å². The predicted molar refractivity (Wildman–Crippen MR) is 63.2 cm³/mol. The fourth-order valence-corrected chi connectivity index (χ4v) is 1.25. The molecule has 0 aromatic heterocycles. The van der Waals surface area contributed by atoms with Crippen molar-refractivity contribution in [1.82, 2.24) is 5.32 Å². The smallest absolute Gasteiger partial charge is 0.252 e. The molecule has 3 nitrogen and oxygen atoms in total. The van der Waals surface area contributed by atoms with E-state index in [1.165, 1.54) is 0 Å². The maximum Gasteiger partial charge on any atom is 0.252 e. The van der Waals surface area contributed by atoms with Gasteiger partial charge in [-0.2, -0.15) is 5.26 Å². The summed E-state index contributed by atoms with van der Waals surface area (Å²) in [6.45, 7) is 3.55. The van der Waals surface area contributed by atoms with Crippen molar-refractivity contribution in [3.63, 3.8) is 0 Å². The number of halogens is 1. The van der Waals surface area contributed by atoms with Gasteiger partial charge in [0.1, 0.15) is 5.54 Å². The number of rotatable bonds is 3. The average molecular weight is 237 g/mol. The molecule has 1 rings (SSSR count). The lowest BCUT2D eigenvalue weighted by atomic mass is 10.0. The highest BCUT2D eigenvalue weighted by molar-refractivity contribution is 6.30. The Morgan fingerprint density at radius 2 is 2.06 bits per heavy atom. The van der Waals surface area contributed by atoms with E-state index in [9.17, 15) is 4.79 Å². The summed E-state index contributed by atoms with van der Waals surface area (Å²) in [5, 5.41) is 12.2. The Morgan fingerprint density at radius 1 is 1.50 bits per heavy atom. The number of nitriles is 1. The predicted octanol–water partition coefficient (Wildman–Crippen LogP) is 2.76. The first kappa shape index (κ1) is 12.5. The fourth-order valence-electron chi connectivity index (χ4n) is 1.12. The maximum absolute atomic E-state index is 11.8. The van der Waals surface area contributed by atoms with Gasteiger partial charge in [-0.15, -0.1) is 0 Å². The van der Waals surface area contributed by atoms with E-state index in [0.717, 1.165) is 0 Å². The molecule has 4 heteroatoms. The molecule has 0 fully saturated rings. The average Bonchev–Trinajstić information content (AvgIpc) is 2.29. The van der Waals surface area contributed by atoms with Crippen LogP contribution in [0.4, 0.5) is 0 Å². The van der Waals surface area contributed by atoms with E-state index in [0.29, 0.717) is 17.0 Å². The monoisotopic (exact) mass is 236 g/mol. The highest BCUT2D eigenvalue weighted by Gasteiger charge is 2.23. The zero-order valence-corrected chi connectivity index (χ0v) is 10.0. The van der Waals surface area contributed by atoms with Gasteiger partial charge >= 0.3 is 0 Å². The Kier molecular flexibility index (Phi) is 3.92. The number of hydrogen-bond donors (Lipinski definition) is 1. The molecule has 0 bridgehead atoms. The lowest BCUT2D eigenvalue weighted by molar-refractivity contribution is 0.0923. The summed E-state index contributed by atoms with van der Waals surface area (Å²) in [7, 11) is 0. The molecule has 0 aliphatic carbocycles. The van der Waals surface area contributed by atoms with E-state index in [4.69, 9.17) is 16.9 Å². The van der Waals surface area contributed by atoms with Crippen molar-refractivity contribution < 1.29 is 4.79 Å². The second kappa shape index (κ2) is 5.00. The van der Waals surface area contributed by atoms with Gasteiger partial charge in [-0.3, -0.25) is 4.79 Å². The Labute approximate surface area is 100 Å². The van der Waals surface area contributed by atoms with Gasteiger partial charge < -0.3 is 5.32 Å². The first-order valence-electron chi connectivity index (χ1n) is 5.00. The molecule has 0 radical (unpaired) electrons. The number of hydrogen-bond acceptors (Lipinski definition) is 2. The molecule has 84 valence electrons. The lowest BCUT2D eigenvalue weighted by Crippen LogP contribution is -2.44. The number of carbonyl (C=O) groups is 1. The molecule has 0 saturated carbocycles. The second-order valence-corrected chi connectivity index (χ2v) is 4.19. The quantitative estimate of drug-likeness (QED) is 0.877. The van der Waals surface area contributed by atoms with Crippen LogP contribution in [0.3, 0.4) is 0 Å². The molecule has 1 aromatic rings. The van der Waals surface area contributed by atoms with Crippen LogP contribution in [0.1, 0.15) is 30.6 Å². The SMILES string of the molecule is CC[C@@](C)(C#N)NC(=O)c1ccc(Cl)cc1. The summed E-state index contributed by atoms with van der Waals surface area (Å²) < 4.78 is 0. The van der Waals surface area contributed by atoms with Crippen molar-refractivity contribution in [3.8, 4) is 6.07 Å². The van der Waals surface area contributed by atoms with Gasteiger partial charge in [0.2, 0.25) is 0 Å². The summed E-state index contributed by atoms with van der Waals surface area (Å²) in [5.41, 5.74) is -0.323. The minimum absolute atomic E-state index is 0.262. The summed E-state index contributed by atoms with van der Waals surface area (Å²) >= 11 is 5.72. The molecule has 1 aromatic carbocycles. The minimum Gasteiger partial charge on any atom is -0.334 e. The fraction of sp³-hybridized carbons (Fsp3) is 0.333. The molecule has 16 heavy (non-hydrogen) atoms. The van der Waals surface area contributed by atoms with Crippen molar-refractivity contribution in [1.29, 1.82) is 5.26 Å². The minimum atomic E-state index is -0.823. The molecule has 0 aliphatic heterocycles. The van der Waals surface area contributed by atoms with E-state index in [2.05, 4.69) is 11.4 Å². The zero-order chi connectivity index (χ0) is 12.2. The van der Waals surface area contributed by atoms with Crippen LogP contribution in [-0.4, -0.2) is 11.4 Å². The normalized spacial score (nSPS) is 13.6. The molecule has 0 saturated heterocycles. The van der Waals surface area contributed by atoms with Gasteiger partial charge in [0, 0.05) is 10.6 Å². The van der Waals surface area contributed by atoms with Gasteiger partial charge in [0.15, 0.2) is 0 Å². The van der Waals surface area contributed by atoms with E-state index in [1.54, 1.807) is 31.2 Å². The van der Waals surface area contributed by atoms with Crippen LogP contribution in [0.2, 0.25) is 5.02 Å². The van der Waals surface area contributed by atoms with Crippen molar-refractivity contribution >= 4 is 17.5 Å². The van der Waals surface area contributed by atoms with Crippen molar-refractivity contribution in [2.45, 2.75) is 25.8 Å². The van der Waals surface area contributed by atoms with Crippen molar-refractivity contribution in [2.75, 3.05) is 0 Å². The standard InChI is InChI=1S/C12H13ClN2O/c1-3-12(2,8-14)15-11(16)9-4-6-10(13)7-5-9/h4-7H,3H2,1-2H3,(H,15,16)/t12-/m0/s1. The second-order valence-electron chi connectivity index (χ2n) is 3.76. The Hall–Kier alpha value is -1.53. The summed E-state index contributed by atoms with van der Waals surface area (Å²) in [6.07, 6.45) is 0.558. The third-order valence-electron chi connectivity index (χ3n) is 2.45. The number of nitrogens with one attached hydrogen (secondary N) is 1. The number of nitrogens with zero attached hydrogens (tertiary/aromatic N) is 1. The van der Waals surface area contributed by atoms with Gasteiger partial charge in [-0.05, 0) is 37.6 Å². The molecule has 1 atom stereocenters. The third kappa shape index (κ3) is 2.98. The molecule has 0 aliphatic rings. The largest absolute Gasteiger partial charge is 0.334 e. The van der Waals surface area contributed by atoms with Gasteiger partial charge in [0.05, 0.1) is 6.07 Å². The molecule has 1 amide bonds. The molecule has 0 spiro atoms. The van der Waals surface area contributed by atoms with E-state index in [1.807, 2.05) is 6.92 Å². The van der Waals surface area contributed by atoms with Crippen LogP contribution >= 0.6 is 11.6 Å². The highest BCUT2D eigenvalue weighted by atomic mass is 35.5. The van der Waals surface area contributed by atoms with E-state index < -0.39 is 5.54 Å². The molecule has 0 unspecified atom stereocenters. The molecule has 0 heterocycles. The van der Waals surface area contributed by atoms with Crippen LogP contribution in [0.25, 0.3) is 0 Å². The first-order valence-corrected chi connectivity index (χ1v) is 5.38. The van der Waals surface area contributed by atoms with Gasteiger partial charge in [-0.25, -0.2) is 0 Å². The van der Waals surface area contributed by atoms with Crippen LogP contribution in [0, 0.1) is 11.3 Å². The number of amides is 1. The topological polar surface area (TPSA) is 52.9 Å². The lowest BCUT2D eigenvalue weighted by Gasteiger charge is -2.21. The summed E-state index contributed by atoms with van der Waals surface area (Å²) in [4.78, 5) is 11.8. The van der Waals surface area contributed by atoms with Gasteiger partial charge in [-0.1, -0.05) is 18.5 Å². The van der Waals surface area contributed by atoms with Crippen molar-refractivity contribution in [3.05, 3.63) is 34.9 Å². The maximum atomic E-state index is 11.8. The third-order valence-corrected chi connectivity index (χ3v) is 2.70. The molecular formula is C12H13ClN2O. The van der Waals surface area contributed by atoms with Gasteiger partial charge in [0.25, 0.3) is 5.91 Å². The highest BCUT2D eigenvalue weighted by Crippen LogP contribution is 2.12. The number of benzene rings is 1. The zero-order valence-electron chi connectivity index (χ0n) is 9.25. The number of carbonyl (C=O) groups excluding carboxylic acids is 1. The first-order chi connectivity index (χ1) is 7.50. The van der Waals surface area contributed by atoms with Crippen LogP contribution in [-0.2, 0) is 0 Å². The summed E-state index contributed by atoms with van der Waals surface area (Å²) in [6, 6.07) is 8.63. The van der Waals surface area contributed by atoms with Crippen molar-refractivity contribution in [2.24, 2.45) is 0 Å². The Balaban J connectivity index is 2.81. The molecule has 1 N–H and O–H groups in total. The van der Waals surface area contributed by atoms with E-state index >= 15 is 0 Å². The van der Waals surface area contributed by atoms with Crippen LogP contribution in [0.15, 0.2) is 24.3 Å².